The summed E-state index contributed by atoms with van der Waals surface area (Å²) in [7, 11) is 1.51. The lowest BCUT2D eigenvalue weighted by atomic mass is 10.1. The van der Waals surface area contributed by atoms with E-state index >= 15 is 0 Å². The molecule has 0 aliphatic carbocycles. The monoisotopic (exact) mass is 316 g/mol. The third-order valence-electron chi connectivity index (χ3n) is 2.61. The van der Waals surface area contributed by atoms with Crippen LogP contribution in [0.2, 0.25) is 10.0 Å². The van der Waals surface area contributed by atoms with E-state index in [1.807, 2.05) is 6.92 Å². The van der Waals surface area contributed by atoms with Gasteiger partial charge in [0.15, 0.2) is 0 Å². The molecule has 0 bridgehead atoms. The second-order valence-electron chi connectivity index (χ2n) is 3.89. The number of carboxylic acid groups (broad SMARTS) is 1. The maximum Gasteiger partial charge on any atom is 0.345 e. The fraction of sp³-hybridized carbons (Fsp3) is 0.154. The molecule has 3 nitrogen and oxygen atoms in total. The molecule has 0 fully saturated rings. The summed E-state index contributed by atoms with van der Waals surface area (Å²) in [5, 5.41) is 9.92. The molecule has 100 valence electrons. The molecule has 2 aromatic rings. The Kier molecular flexibility index (Phi) is 4.04. The molecule has 19 heavy (non-hydrogen) atoms. The number of carboxylic acids is 1. The Bertz CT molecular complexity index is 650. The van der Waals surface area contributed by atoms with E-state index in [2.05, 4.69) is 0 Å². The summed E-state index contributed by atoms with van der Waals surface area (Å²) in [5.41, 5.74) is 1.56. The molecule has 0 aliphatic heterocycles. The predicted molar refractivity (Wildman–Crippen MR) is 78.0 cm³/mol. The summed E-state index contributed by atoms with van der Waals surface area (Å²) < 4.78 is 5.08. The summed E-state index contributed by atoms with van der Waals surface area (Å²) >= 11 is 13.4. The van der Waals surface area contributed by atoms with Gasteiger partial charge in [0.05, 0.1) is 17.2 Å². The SMILES string of the molecule is COc1cc(Cl)c(-c2sc(C(=O)O)cc2C)cc1Cl. The van der Waals surface area contributed by atoms with Gasteiger partial charge in [-0.3, -0.25) is 0 Å². The maximum absolute atomic E-state index is 11.0. The number of halogens is 2. The smallest absolute Gasteiger partial charge is 0.345 e. The van der Waals surface area contributed by atoms with Crippen molar-refractivity contribution in [2.45, 2.75) is 6.92 Å². The van der Waals surface area contributed by atoms with Crippen LogP contribution in [0.1, 0.15) is 15.2 Å². The fourth-order valence-corrected chi connectivity index (χ4v) is 3.30. The predicted octanol–water partition coefficient (Wildman–Crippen LogP) is 4.74. The average molecular weight is 317 g/mol. The maximum atomic E-state index is 11.0. The second kappa shape index (κ2) is 5.41. The lowest BCUT2D eigenvalue weighted by molar-refractivity contribution is 0.0702. The van der Waals surface area contributed by atoms with E-state index in [4.69, 9.17) is 33.0 Å². The van der Waals surface area contributed by atoms with Crippen LogP contribution < -0.4 is 4.74 Å². The number of carbonyl (C=O) groups is 1. The van der Waals surface area contributed by atoms with E-state index < -0.39 is 5.97 Å². The van der Waals surface area contributed by atoms with Gasteiger partial charge < -0.3 is 9.84 Å². The quantitative estimate of drug-likeness (QED) is 0.889. The van der Waals surface area contributed by atoms with E-state index in [0.29, 0.717) is 21.4 Å². The van der Waals surface area contributed by atoms with E-state index in [9.17, 15) is 4.79 Å². The number of aryl methyl sites for hydroxylation is 1. The molecule has 0 atom stereocenters. The van der Waals surface area contributed by atoms with Crippen LogP contribution in [0, 0.1) is 6.92 Å². The summed E-state index contributed by atoms with van der Waals surface area (Å²) in [5.74, 6) is -0.460. The zero-order valence-electron chi connectivity index (χ0n) is 10.2. The topological polar surface area (TPSA) is 46.5 Å². The van der Waals surface area contributed by atoms with Crippen molar-refractivity contribution in [3.05, 3.63) is 38.7 Å². The van der Waals surface area contributed by atoms with Crippen molar-refractivity contribution in [1.82, 2.24) is 0 Å². The van der Waals surface area contributed by atoms with E-state index in [0.717, 1.165) is 10.4 Å². The number of rotatable bonds is 3. The molecule has 0 radical (unpaired) electrons. The first-order chi connectivity index (χ1) is 8.93. The molecule has 0 spiro atoms. The Labute approximate surface area is 124 Å². The largest absolute Gasteiger partial charge is 0.495 e. The van der Waals surface area contributed by atoms with Gasteiger partial charge in [0, 0.05) is 16.5 Å². The minimum atomic E-state index is -0.949. The third kappa shape index (κ3) is 2.71. The van der Waals surface area contributed by atoms with E-state index in [1.165, 1.54) is 18.4 Å². The number of hydrogen-bond donors (Lipinski definition) is 1. The van der Waals surface area contributed by atoms with Gasteiger partial charge in [-0.25, -0.2) is 4.79 Å². The Balaban J connectivity index is 2.59. The number of thiophene rings is 1. The first kappa shape index (κ1) is 14.2. The number of benzene rings is 1. The minimum absolute atomic E-state index is 0.274. The third-order valence-corrected chi connectivity index (χ3v) is 4.48. The molecule has 1 N–H and O–H groups in total. The summed E-state index contributed by atoms with van der Waals surface area (Å²) in [6, 6.07) is 4.93. The van der Waals surface area contributed by atoms with Gasteiger partial charge in [-0.15, -0.1) is 11.3 Å². The van der Waals surface area contributed by atoms with Crippen molar-refractivity contribution >= 4 is 40.5 Å². The molecule has 1 aromatic heterocycles. The first-order valence-corrected chi connectivity index (χ1v) is 6.88. The first-order valence-electron chi connectivity index (χ1n) is 5.31. The normalized spacial score (nSPS) is 10.5. The lowest BCUT2D eigenvalue weighted by Gasteiger charge is -2.08. The Morgan fingerprint density at radius 1 is 1.26 bits per heavy atom. The molecule has 6 heteroatoms. The molecule has 0 aliphatic rings. The summed E-state index contributed by atoms with van der Waals surface area (Å²) in [4.78, 5) is 12.1. The second-order valence-corrected chi connectivity index (χ2v) is 5.76. The number of hydrogen-bond acceptors (Lipinski definition) is 3. The van der Waals surface area contributed by atoms with Crippen LogP contribution in [-0.2, 0) is 0 Å². The van der Waals surface area contributed by atoms with Crippen LogP contribution in [0.4, 0.5) is 0 Å². The summed E-state index contributed by atoms with van der Waals surface area (Å²) in [6.45, 7) is 1.84. The van der Waals surface area contributed by atoms with Crippen LogP contribution >= 0.6 is 34.5 Å². The van der Waals surface area contributed by atoms with Crippen molar-refractivity contribution in [3.63, 3.8) is 0 Å². The van der Waals surface area contributed by atoms with Crippen molar-refractivity contribution in [1.29, 1.82) is 0 Å². The molecular weight excluding hydrogens is 307 g/mol. The Morgan fingerprint density at radius 3 is 2.47 bits per heavy atom. The average Bonchev–Trinajstić information content (AvgIpc) is 2.74. The number of methoxy groups -OCH3 is 1. The minimum Gasteiger partial charge on any atom is -0.495 e. The fourth-order valence-electron chi connectivity index (χ4n) is 1.71. The molecule has 1 heterocycles. The van der Waals surface area contributed by atoms with Gasteiger partial charge in [-0.2, -0.15) is 0 Å². The van der Waals surface area contributed by atoms with Gasteiger partial charge >= 0.3 is 5.97 Å². The van der Waals surface area contributed by atoms with Crippen molar-refractivity contribution in [2.24, 2.45) is 0 Å². The zero-order chi connectivity index (χ0) is 14.2. The van der Waals surface area contributed by atoms with Crippen LogP contribution in [0.5, 0.6) is 5.75 Å². The van der Waals surface area contributed by atoms with Crippen LogP contribution in [0.3, 0.4) is 0 Å². The van der Waals surface area contributed by atoms with Gasteiger partial charge in [-0.05, 0) is 24.6 Å². The van der Waals surface area contributed by atoms with Gasteiger partial charge in [0.1, 0.15) is 10.6 Å². The van der Waals surface area contributed by atoms with Crippen LogP contribution in [-0.4, -0.2) is 18.2 Å². The molecule has 0 unspecified atom stereocenters. The molecular formula is C13H10Cl2O3S. The number of aromatic carboxylic acids is 1. The highest BCUT2D eigenvalue weighted by Gasteiger charge is 2.16. The Hall–Kier alpha value is -1.23. The van der Waals surface area contributed by atoms with Crippen molar-refractivity contribution in [3.8, 4) is 16.2 Å². The lowest BCUT2D eigenvalue weighted by Crippen LogP contribution is -1.89. The van der Waals surface area contributed by atoms with Crippen LogP contribution in [0.25, 0.3) is 10.4 Å². The molecule has 0 saturated heterocycles. The van der Waals surface area contributed by atoms with Crippen molar-refractivity contribution in [2.75, 3.05) is 7.11 Å². The molecule has 2 rings (SSSR count). The van der Waals surface area contributed by atoms with Crippen LogP contribution in [0.15, 0.2) is 18.2 Å². The number of ether oxygens (including phenoxy) is 1. The van der Waals surface area contributed by atoms with Gasteiger partial charge in [0.25, 0.3) is 0 Å². The summed E-state index contributed by atoms with van der Waals surface area (Å²) in [6.07, 6.45) is 0. The molecule has 1 aromatic carbocycles. The van der Waals surface area contributed by atoms with Crippen molar-refractivity contribution < 1.29 is 14.6 Å². The van der Waals surface area contributed by atoms with E-state index in [1.54, 1.807) is 18.2 Å². The highest BCUT2D eigenvalue weighted by molar-refractivity contribution is 7.17. The highest BCUT2D eigenvalue weighted by atomic mass is 35.5. The van der Waals surface area contributed by atoms with Gasteiger partial charge in [0.2, 0.25) is 0 Å². The molecule has 0 saturated carbocycles. The molecule has 0 amide bonds. The zero-order valence-corrected chi connectivity index (χ0v) is 12.5. The highest BCUT2D eigenvalue weighted by Crippen LogP contribution is 2.41. The van der Waals surface area contributed by atoms with Gasteiger partial charge in [-0.1, -0.05) is 23.2 Å². The Morgan fingerprint density at radius 2 is 1.95 bits per heavy atom. The van der Waals surface area contributed by atoms with E-state index in [-0.39, 0.29) is 4.88 Å². The standard InChI is InChI=1S/C13H10Cl2O3S/c1-6-3-11(13(16)17)19-12(6)7-4-9(15)10(18-2)5-8(7)14/h3-5H,1-2H3,(H,16,17).